The number of aryl methyl sites for hydroxylation is 1. The van der Waals surface area contributed by atoms with Crippen LogP contribution in [0.1, 0.15) is 49.2 Å². The molecule has 0 aliphatic rings. The molecule has 1 rings (SSSR count). The molecule has 0 saturated carbocycles. The average Bonchev–Trinajstić information content (AvgIpc) is 2.42. The number of thioether (sulfide) groups is 1. The van der Waals surface area contributed by atoms with E-state index in [1.165, 1.54) is 0 Å². The van der Waals surface area contributed by atoms with Gasteiger partial charge in [-0.3, -0.25) is 4.79 Å². The molecule has 0 spiro atoms. The number of esters is 1. The molecule has 0 fully saturated rings. The Bertz CT molecular complexity index is 599. The molecule has 1 heterocycles. The van der Waals surface area contributed by atoms with E-state index in [4.69, 9.17) is 4.74 Å². The molecular weight excluding hydrogens is 308 g/mol. The van der Waals surface area contributed by atoms with E-state index in [0.29, 0.717) is 12.1 Å². The first-order chi connectivity index (χ1) is 10.4. The number of carbonyl (C=O) groups excluding carboxylic acids is 1. The number of nitrogens with one attached hydrogen (secondary N) is 1. The highest BCUT2D eigenvalue weighted by Gasteiger charge is 2.25. The maximum Gasteiger partial charge on any atom is 0.346 e. The van der Waals surface area contributed by atoms with Gasteiger partial charge in [-0.15, -0.1) is 0 Å². The number of aromatic nitrogens is 2. The van der Waals surface area contributed by atoms with Crippen LogP contribution in [0.5, 0.6) is 0 Å². The Labute approximate surface area is 132 Å². The van der Waals surface area contributed by atoms with E-state index in [1.807, 2.05) is 6.92 Å². The van der Waals surface area contributed by atoms with Gasteiger partial charge in [-0.1, -0.05) is 31.5 Å². The van der Waals surface area contributed by atoms with Crippen molar-refractivity contribution in [2.45, 2.75) is 50.3 Å². The molecule has 8 heteroatoms. The Hall–Kier alpha value is -1.83. The van der Waals surface area contributed by atoms with Crippen LogP contribution in [0.2, 0.25) is 0 Å². The summed E-state index contributed by atoms with van der Waals surface area (Å²) in [6.45, 7) is 5.37. The molecule has 0 saturated heterocycles. The molecule has 0 bridgehead atoms. The van der Waals surface area contributed by atoms with Crippen LogP contribution in [0.4, 0.5) is 0 Å². The second-order valence-electron chi connectivity index (χ2n) is 4.65. The maximum absolute atomic E-state index is 12.0. The number of aromatic amines is 1. The van der Waals surface area contributed by atoms with E-state index in [9.17, 15) is 19.5 Å². The molecule has 22 heavy (non-hydrogen) atoms. The first kappa shape index (κ1) is 18.2. The largest absolute Gasteiger partial charge is 0.480 e. The van der Waals surface area contributed by atoms with Crippen molar-refractivity contribution in [3.63, 3.8) is 0 Å². The van der Waals surface area contributed by atoms with Crippen LogP contribution in [-0.2, 0) is 9.53 Å². The highest BCUT2D eigenvalue weighted by Crippen LogP contribution is 2.29. The predicted molar refractivity (Wildman–Crippen MR) is 82.4 cm³/mol. The molecule has 0 aromatic carbocycles. The molecule has 0 amide bonds. The van der Waals surface area contributed by atoms with Crippen LogP contribution < -0.4 is 5.69 Å². The van der Waals surface area contributed by atoms with Gasteiger partial charge in [0.05, 0.1) is 6.61 Å². The summed E-state index contributed by atoms with van der Waals surface area (Å²) in [4.78, 5) is 41.1. The molecule has 1 aromatic heterocycles. The van der Waals surface area contributed by atoms with E-state index in [-0.39, 0.29) is 17.2 Å². The Morgan fingerprint density at radius 1 is 1.41 bits per heavy atom. The first-order valence-electron chi connectivity index (χ1n) is 7.08. The number of unbranched alkanes of at least 4 members (excludes halogenated alkanes) is 1. The molecule has 0 unspecified atom stereocenters. The van der Waals surface area contributed by atoms with Crippen LogP contribution >= 0.6 is 11.8 Å². The SMILES string of the molecule is CCCC[C@@H](Sc1nc(=O)[nH]c(C)c1C(=O)OCC)C(=O)O. The minimum atomic E-state index is -0.993. The number of carboxylic acids is 1. The maximum atomic E-state index is 12.0. The van der Waals surface area contributed by atoms with E-state index < -0.39 is 22.9 Å². The van der Waals surface area contributed by atoms with E-state index in [1.54, 1.807) is 13.8 Å². The van der Waals surface area contributed by atoms with Gasteiger partial charge in [-0.05, 0) is 20.3 Å². The van der Waals surface area contributed by atoms with E-state index in [2.05, 4.69) is 9.97 Å². The van der Waals surface area contributed by atoms with Gasteiger partial charge in [0.1, 0.15) is 15.8 Å². The Morgan fingerprint density at radius 2 is 2.09 bits per heavy atom. The highest BCUT2D eigenvalue weighted by atomic mass is 32.2. The first-order valence-corrected chi connectivity index (χ1v) is 7.96. The number of rotatable bonds is 8. The summed E-state index contributed by atoms with van der Waals surface area (Å²) < 4.78 is 4.95. The topological polar surface area (TPSA) is 109 Å². The van der Waals surface area contributed by atoms with Gasteiger partial charge in [-0.2, -0.15) is 4.98 Å². The number of carboxylic acid groups (broad SMARTS) is 1. The number of H-pyrrole nitrogens is 1. The van der Waals surface area contributed by atoms with Crippen molar-refractivity contribution in [1.29, 1.82) is 0 Å². The highest BCUT2D eigenvalue weighted by molar-refractivity contribution is 8.00. The lowest BCUT2D eigenvalue weighted by molar-refractivity contribution is -0.136. The lowest BCUT2D eigenvalue weighted by Crippen LogP contribution is -2.22. The molecule has 0 aliphatic heterocycles. The number of aliphatic carboxylic acids is 1. The fourth-order valence-electron chi connectivity index (χ4n) is 1.85. The van der Waals surface area contributed by atoms with Crippen molar-refractivity contribution in [1.82, 2.24) is 9.97 Å². The summed E-state index contributed by atoms with van der Waals surface area (Å²) in [5.41, 5.74) is -0.178. The molecule has 2 N–H and O–H groups in total. The number of hydrogen-bond donors (Lipinski definition) is 2. The second-order valence-corrected chi connectivity index (χ2v) is 5.85. The van der Waals surface area contributed by atoms with Crippen molar-refractivity contribution in [3.05, 3.63) is 21.7 Å². The van der Waals surface area contributed by atoms with Gasteiger partial charge in [0.2, 0.25) is 0 Å². The Morgan fingerprint density at radius 3 is 2.64 bits per heavy atom. The van der Waals surface area contributed by atoms with Gasteiger partial charge in [0.15, 0.2) is 0 Å². The van der Waals surface area contributed by atoms with Gasteiger partial charge in [-0.25, -0.2) is 9.59 Å². The van der Waals surface area contributed by atoms with Gasteiger partial charge >= 0.3 is 17.6 Å². The van der Waals surface area contributed by atoms with Crippen molar-refractivity contribution in [2.75, 3.05) is 6.61 Å². The van der Waals surface area contributed by atoms with Crippen molar-refractivity contribution >= 4 is 23.7 Å². The normalized spacial score (nSPS) is 12.0. The number of nitrogens with zero attached hydrogens (tertiary/aromatic N) is 1. The zero-order valence-corrected chi connectivity index (χ0v) is 13.7. The smallest absolute Gasteiger partial charge is 0.346 e. The summed E-state index contributed by atoms with van der Waals surface area (Å²) in [5.74, 6) is -1.61. The zero-order chi connectivity index (χ0) is 16.7. The summed E-state index contributed by atoms with van der Waals surface area (Å²) in [6, 6.07) is 0. The predicted octanol–water partition coefficient (Wildman–Crippen LogP) is 1.99. The molecule has 1 atom stereocenters. The number of ether oxygens (including phenoxy) is 1. The zero-order valence-electron chi connectivity index (χ0n) is 12.8. The number of hydrogen-bond acceptors (Lipinski definition) is 6. The second kappa shape index (κ2) is 8.57. The lowest BCUT2D eigenvalue weighted by atomic mass is 10.2. The molecule has 0 aliphatic carbocycles. The Kier molecular flexibility index (Phi) is 7.10. The van der Waals surface area contributed by atoms with Crippen molar-refractivity contribution in [3.8, 4) is 0 Å². The van der Waals surface area contributed by atoms with Crippen LogP contribution in [0.3, 0.4) is 0 Å². The van der Waals surface area contributed by atoms with Crippen LogP contribution in [0.25, 0.3) is 0 Å². The fraction of sp³-hybridized carbons (Fsp3) is 0.571. The molecule has 7 nitrogen and oxygen atoms in total. The van der Waals surface area contributed by atoms with Gasteiger partial charge < -0.3 is 14.8 Å². The quantitative estimate of drug-likeness (QED) is 0.426. The monoisotopic (exact) mass is 328 g/mol. The van der Waals surface area contributed by atoms with E-state index in [0.717, 1.165) is 24.6 Å². The summed E-state index contributed by atoms with van der Waals surface area (Å²) in [7, 11) is 0. The molecule has 1 aromatic rings. The fourth-order valence-corrected chi connectivity index (χ4v) is 2.99. The van der Waals surface area contributed by atoms with Crippen molar-refractivity contribution < 1.29 is 19.4 Å². The standard InChI is InChI=1S/C14H20N2O5S/c1-4-6-7-9(12(17)18)22-11-10(13(19)21-5-2)8(3)15-14(20)16-11/h9H,4-7H2,1-3H3,(H,17,18)(H,15,16,20)/t9-/m1/s1. The van der Waals surface area contributed by atoms with Crippen LogP contribution in [0.15, 0.2) is 9.82 Å². The average molecular weight is 328 g/mol. The molecular formula is C14H20N2O5S. The molecule has 122 valence electrons. The van der Waals surface area contributed by atoms with Crippen LogP contribution in [0, 0.1) is 6.92 Å². The summed E-state index contributed by atoms with van der Waals surface area (Å²) in [6.07, 6.45) is 2.03. The third-order valence-corrected chi connectivity index (χ3v) is 4.16. The van der Waals surface area contributed by atoms with E-state index >= 15 is 0 Å². The van der Waals surface area contributed by atoms with Gasteiger partial charge in [0.25, 0.3) is 0 Å². The lowest BCUT2D eigenvalue weighted by Gasteiger charge is -2.14. The Balaban J connectivity index is 3.18. The van der Waals surface area contributed by atoms with Crippen molar-refractivity contribution in [2.24, 2.45) is 0 Å². The molecule has 0 radical (unpaired) electrons. The minimum absolute atomic E-state index is 0.100. The summed E-state index contributed by atoms with van der Waals surface area (Å²) in [5, 5.41) is 8.62. The minimum Gasteiger partial charge on any atom is -0.480 e. The van der Waals surface area contributed by atoms with Gasteiger partial charge in [0, 0.05) is 5.69 Å². The summed E-state index contributed by atoms with van der Waals surface area (Å²) >= 11 is 0.914. The third kappa shape index (κ3) is 4.87. The van der Waals surface area contributed by atoms with Crippen LogP contribution in [-0.4, -0.2) is 38.9 Å². The third-order valence-electron chi connectivity index (χ3n) is 2.92. The number of carbonyl (C=O) groups is 2.